The molecule has 0 bridgehead atoms. The van der Waals surface area contributed by atoms with Gasteiger partial charge in [0.15, 0.2) is 11.3 Å². The van der Waals surface area contributed by atoms with Gasteiger partial charge >= 0.3 is 12.0 Å². The second-order valence-corrected chi connectivity index (χ2v) is 5.86. The zero-order valence-corrected chi connectivity index (χ0v) is 14.4. The zero-order chi connectivity index (χ0) is 18.6. The molecular formula is C16H17ClN4O4. The van der Waals surface area contributed by atoms with E-state index in [1.165, 1.54) is 6.08 Å². The summed E-state index contributed by atoms with van der Waals surface area (Å²) in [6.45, 7) is 3.34. The van der Waals surface area contributed by atoms with Crippen LogP contribution >= 0.6 is 11.6 Å². The van der Waals surface area contributed by atoms with E-state index in [1.54, 1.807) is 36.6 Å². The van der Waals surface area contributed by atoms with Crippen LogP contribution in [0.1, 0.15) is 19.5 Å². The largest absolute Gasteiger partial charge is 0.449 e. The lowest BCUT2D eigenvalue weighted by Gasteiger charge is -2.18. The molecule has 2 aromatic rings. The van der Waals surface area contributed by atoms with Crippen molar-refractivity contribution in [3.8, 4) is 0 Å². The molecule has 2 heterocycles. The fourth-order valence-electron chi connectivity index (χ4n) is 2.13. The first kappa shape index (κ1) is 18.5. The summed E-state index contributed by atoms with van der Waals surface area (Å²) < 4.78 is 6.81. The zero-order valence-electron chi connectivity index (χ0n) is 13.6. The van der Waals surface area contributed by atoms with Crippen LogP contribution in [0.5, 0.6) is 0 Å². The van der Waals surface area contributed by atoms with E-state index in [9.17, 15) is 14.4 Å². The molecule has 2 aromatic heterocycles. The number of carbonyl (C=O) groups is 3. The number of halogens is 1. The van der Waals surface area contributed by atoms with Crippen molar-refractivity contribution in [3.05, 3.63) is 41.3 Å². The van der Waals surface area contributed by atoms with Gasteiger partial charge in [-0.2, -0.15) is 0 Å². The minimum absolute atomic E-state index is 0.224. The molecule has 2 rings (SSSR count). The molecule has 0 aromatic carbocycles. The van der Waals surface area contributed by atoms with Crippen molar-refractivity contribution in [2.24, 2.45) is 11.7 Å². The van der Waals surface area contributed by atoms with E-state index in [0.717, 1.165) is 6.08 Å². The Bertz CT molecular complexity index is 844. The minimum Gasteiger partial charge on any atom is -0.449 e. The average molecular weight is 365 g/mol. The summed E-state index contributed by atoms with van der Waals surface area (Å²) in [6, 6.07) is 4.36. The summed E-state index contributed by atoms with van der Waals surface area (Å²) in [7, 11) is 0. The van der Waals surface area contributed by atoms with Gasteiger partial charge in [-0.15, -0.1) is 0 Å². The Balaban J connectivity index is 2.14. The van der Waals surface area contributed by atoms with Crippen LogP contribution < -0.4 is 11.1 Å². The van der Waals surface area contributed by atoms with Gasteiger partial charge in [0.1, 0.15) is 5.65 Å². The normalized spacial score (nSPS) is 12.5. The van der Waals surface area contributed by atoms with E-state index in [4.69, 9.17) is 22.1 Å². The number of esters is 1. The Morgan fingerprint density at radius 2 is 2.08 bits per heavy atom. The lowest BCUT2D eigenvalue weighted by atomic mass is 10.1. The molecule has 0 aliphatic heterocycles. The van der Waals surface area contributed by atoms with Gasteiger partial charge in [-0.3, -0.25) is 14.5 Å². The molecule has 0 fully saturated rings. The molecule has 132 valence electrons. The number of ether oxygens (including phenoxy) is 1. The number of imidazole rings is 1. The lowest BCUT2D eigenvalue weighted by molar-refractivity contribution is -0.153. The maximum atomic E-state index is 12.0. The molecule has 8 nitrogen and oxygen atoms in total. The summed E-state index contributed by atoms with van der Waals surface area (Å²) in [5, 5.41) is 2.12. The first-order valence-corrected chi connectivity index (χ1v) is 7.79. The molecule has 0 aliphatic carbocycles. The molecule has 0 radical (unpaired) electrons. The van der Waals surface area contributed by atoms with Gasteiger partial charge in [-0.25, -0.2) is 14.6 Å². The Hall–Kier alpha value is -2.87. The molecule has 9 heteroatoms. The summed E-state index contributed by atoms with van der Waals surface area (Å²) in [5.41, 5.74) is 6.03. The number of imide groups is 1. The molecule has 0 spiro atoms. The van der Waals surface area contributed by atoms with E-state index in [1.807, 2.05) is 11.4 Å². The van der Waals surface area contributed by atoms with Crippen LogP contribution in [0.15, 0.2) is 30.5 Å². The van der Waals surface area contributed by atoms with Crippen LogP contribution in [0, 0.1) is 5.92 Å². The number of nitrogens with zero attached hydrogens (tertiary/aromatic N) is 2. The molecule has 0 unspecified atom stereocenters. The summed E-state index contributed by atoms with van der Waals surface area (Å²) in [5.74, 6) is -1.89. The fraction of sp³-hybridized carbons (Fsp3) is 0.250. The van der Waals surface area contributed by atoms with Gasteiger partial charge in [0.2, 0.25) is 0 Å². The van der Waals surface area contributed by atoms with Crippen molar-refractivity contribution in [1.29, 1.82) is 0 Å². The number of pyridine rings is 1. The number of hydrogen-bond donors (Lipinski definition) is 2. The number of rotatable bonds is 5. The number of nitrogens with one attached hydrogen (secondary N) is 1. The molecule has 3 N–H and O–H groups in total. The predicted octanol–water partition coefficient (Wildman–Crippen LogP) is 1.76. The molecule has 0 aliphatic rings. The number of urea groups is 1. The van der Waals surface area contributed by atoms with Gasteiger partial charge < -0.3 is 10.5 Å². The standard InChI is InChI=1S/C16H17ClN4O4/c1-9(2)13(15(23)20-16(18)24)25-12(22)7-6-10-14(17)19-11-5-3-4-8-21(10)11/h3-9,13H,1-2H3,(H3,18,20,23,24)/b7-6+/t13-/m1/s1. The van der Waals surface area contributed by atoms with E-state index in [-0.39, 0.29) is 11.1 Å². The Labute approximate surface area is 148 Å². The maximum absolute atomic E-state index is 12.0. The third-order valence-electron chi connectivity index (χ3n) is 3.25. The number of hydrogen-bond acceptors (Lipinski definition) is 5. The van der Waals surface area contributed by atoms with Gasteiger partial charge in [0, 0.05) is 12.3 Å². The summed E-state index contributed by atoms with van der Waals surface area (Å²) in [4.78, 5) is 38.8. The van der Waals surface area contributed by atoms with Crippen molar-refractivity contribution in [2.75, 3.05) is 0 Å². The number of primary amides is 1. The second-order valence-electron chi connectivity index (χ2n) is 5.51. The SMILES string of the molecule is CC(C)[C@@H](OC(=O)/C=C/c1c(Cl)nc2ccccn12)C(=O)NC(N)=O. The van der Waals surface area contributed by atoms with Gasteiger partial charge in [-0.05, 0) is 24.1 Å². The van der Waals surface area contributed by atoms with E-state index >= 15 is 0 Å². The lowest BCUT2D eigenvalue weighted by Crippen LogP contribution is -2.45. The number of fused-ring (bicyclic) bond motifs is 1. The number of nitrogens with two attached hydrogens (primary N) is 1. The Morgan fingerprint density at radius 1 is 1.36 bits per heavy atom. The van der Waals surface area contributed by atoms with Crippen LogP contribution in [-0.4, -0.2) is 33.4 Å². The maximum Gasteiger partial charge on any atom is 0.331 e. The monoisotopic (exact) mass is 364 g/mol. The van der Waals surface area contributed by atoms with E-state index in [0.29, 0.717) is 11.3 Å². The molecule has 3 amide bonds. The van der Waals surface area contributed by atoms with Crippen molar-refractivity contribution < 1.29 is 19.1 Å². The van der Waals surface area contributed by atoms with Crippen LogP contribution in [0.3, 0.4) is 0 Å². The Morgan fingerprint density at radius 3 is 2.72 bits per heavy atom. The second kappa shape index (κ2) is 7.80. The van der Waals surface area contributed by atoms with Gasteiger partial charge in [0.05, 0.1) is 5.69 Å². The van der Waals surface area contributed by atoms with Crippen molar-refractivity contribution in [2.45, 2.75) is 20.0 Å². The number of amides is 3. The van der Waals surface area contributed by atoms with Crippen LogP contribution in [0.4, 0.5) is 4.79 Å². The molecule has 1 atom stereocenters. The van der Waals surface area contributed by atoms with Crippen LogP contribution in [0.2, 0.25) is 5.15 Å². The first-order chi connectivity index (χ1) is 11.8. The highest BCUT2D eigenvalue weighted by molar-refractivity contribution is 6.31. The number of aromatic nitrogens is 2. The van der Waals surface area contributed by atoms with Crippen molar-refractivity contribution in [3.63, 3.8) is 0 Å². The Kier molecular flexibility index (Phi) is 5.76. The third kappa shape index (κ3) is 4.57. The van der Waals surface area contributed by atoms with E-state index < -0.39 is 24.0 Å². The van der Waals surface area contributed by atoms with Crippen LogP contribution in [-0.2, 0) is 14.3 Å². The van der Waals surface area contributed by atoms with Crippen molar-refractivity contribution >= 4 is 41.2 Å². The van der Waals surface area contributed by atoms with Gasteiger partial charge in [0.25, 0.3) is 5.91 Å². The van der Waals surface area contributed by atoms with Crippen molar-refractivity contribution in [1.82, 2.24) is 14.7 Å². The topological polar surface area (TPSA) is 116 Å². The van der Waals surface area contributed by atoms with E-state index in [2.05, 4.69) is 4.98 Å². The highest BCUT2D eigenvalue weighted by Gasteiger charge is 2.26. The summed E-state index contributed by atoms with van der Waals surface area (Å²) in [6.07, 6.45) is 3.17. The smallest absolute Gasteiger partial charge is 0.331 e. The minimum atomic E-state index is -1.15. The first-order valence-electron chi connectivity index (χ1n) is 7.41. The fourth-order valence-corrected chi connectivity index (χ4v) is 2.37. The number of carbonyl (C=O) groups excluding carboxylic acids is 3. The quantitative estimate of drug-likeness (QED) is 0.619. The third-order valence-corrected chi connectivity index (χ3v) is 3.53. The predicted molar refractivity (Wildman–Crippen MR) is 91.7 cm³/mol. The van der Waals surface area contributed by atoms with Crippen LogP contribution in [0.25, 0.3) is 11.7 Å². The summed E-state index contributed by atoms with van der Waals surface area (Å²) >= 11 is 6.06. The van der Waals surface area contributed by atoms with Gasteiger partial charge in [-0.1, -0.05) is 31.5 Å². The molecule has 25 heavy (non-hydrogen) atoms. The molecule has 0 saturated heterocycles. The highest BCUT2D eigenvalue weighted by atomic mass is 35.5. The molecular weight excluding hydrogens is 348 g/mol. The molecule has 0 saturated carbocycles. The average Bonchev–Trinajstić information content (AvgIpc) is 2.84. The highest BCUT2D eigenvalue weighted by Crippen LogP contribution is 2.19.